The van der Waals surface area contributed by atoms with E-state index in [4.69, 9.17) is 0 Å². The summed E-state index contributed by atoms with van der Waals surface area (Å²) in [6.45, 7) is 4.02. The van der Waals surface area contributed by atoms with Crippen molar-refractivity contribution in [3.63, 3.8) is 0 Å². The lowest BCUT2D eigenvalue weighted by Gasteiger charge is -2.10. The van der Waals surface area contributed by atoms with Crippen LogP contribution in [0.3, 0.4) is 0 Å². The third kappa shape index (κ3) is 2.68. The number of hydrogen-bond acceptors (Lipinski definition) is 4. The normalized spacial score (nSPS) is 12.9. The van der Waals surface area contributed by atoms with Gasteiger partial charge in [0.05, 0.1) is 11.9 Å². The molecular formula is C11H16N4S. The molecule has 0 aliphatic rings. The van der Waals surface area contributed by atoms with E-state index in [0.29, 0.717) is 5.92 Å². The van der Waals surface area contributed by atoms with Crippen LogP contribution in [-0.4, -0.2) is 21.5 Å². The van der Waals surface area contributed by atoms with Crippen LogP contribution in [0, 0.1) is 0 Å². The van der Waals surface area contributed by atoms with Gasteiger partial charge in [0.2, 0.25) is 0 Å². The Labute approximate surface area is 99.3 Å². The summed E-state index contributed by atoms with van der Waals surface area (Å²) < 4.78 is 1.79. The van der Waals surface area contributed by atoms with Gasteiger partial charge >= 0.3 is 0 Å². The Kier molecular flexibility index (Phi) is 3.69. The first-order valence-corrected chi connectivity index (χ1v) is 6.28. The van der Waals surface area contributed by atoms with Gasteiger partial charge in [-0.05, 0) is 28.3 Å². The Balaban J connectivity index is 1.78. The van der Waals surface area contributed by atoms with E-state index in [1.807, 2.05) is 7.05 Å². The summed E-state index contributed by atoms with van der Waals surface area (Å²) in [6.07, 6.45) is 1.79. The molecule has 0 spiro atoms. The molecule has 0 radical (unpaired) electrons. The molecule has 0 aromatic carbocycles. The lowest BCUT2D eigenvalue weighted by Crippen LogP contribution is -2.20. The van der Waals surface area contributed by atoms with Crippen LogP contribution in [0.4, 0.5) is 0 Å². The summed E-state index contributed by atoms with van der Waals surface area (Å²) in [4.78, 5) is 0. The number of thiophene rings is 1. The van der Waals surface area contributed by atoms with E-state index < -0.39 is 0 Å². The fraction of sp³-hybridized carbons (Fsp3) is 0.455. The number of hydrogen-bond donors (Lipinski definition) is 1. The Morgan fingerprint density at radius 2 is 2.44 bits per heavy atom. The standard InChI is InChI=1S/C11H16N4S/c1-9(10-3-4-16-8-10)5-12-6-11-7-13-14-15(11)2/h3-4,7-9,12H,5-6H2,1-2H3. The lowest BCUT2D eigenvalue weighted by atomic mass is 10.1. The maximum atomic E-state index is 3.89. The van der Waals surface area contributed by atoms with Crippen molar-refractivity contribution in [3.8, 4) is 0 Å². The van der Waals surface area contributed by atoms with E-state index in [9.17, 15) is 0 Å². The van der Waals surface area contributed by atoms with Crippen molar-refractivity contribution in [1.29, 1.82) is 0 Å². The van der Waals surface area contributed by atoms with Crippen LogP contribution in [0.2, 0.25) is 0 Å². The first kappa shape index (κ1) is 11.3. The molecule has 0 aliphatic carbocycles. The molecule has 0 saturated heterocycles. The number of aromatic nitrogens is 3. The molecule has 2 heterocycles. The molecule has 0 amide bonds. The topological polar surface area (TPSA) is 42.7 Å². The molecule has 1 N–H and O–H groups in total. The van der Waals surface area contributed by atoms with Gasteiger partial charge in [0.25, 0.3) is 0 Å². The number of aryl methyl sites for hydroxylation is 1. The van der Waals surface area contributed by atoms with E-state index in [1.165, 1.54) is 5.56 Å². The van der Waals surface area contributed by atoms with Crippen molar-refractivity contribution >= 4 is 11.3 Å². The summed E-state index contributed by atoms with van der Waals surface area (Å²) in [5.74, 6) is 0.549. The molecule has 2 rings (SSSR count). The van der Waals surface area contributed by atoms with Crippen molar-refractivity contribution in [2.24, 2.45) is 7.05 Å². The summed E-state index contributed by atoms with van der Waals surface area (Å²) in [5.41, 5.74) is 2.51. The Morgan fingerprint density at radius 3 is 3.06 bits per heavy atom. The second-order valence-corrected chi connectivity index (χ2v) is 4.72. The summed E-state index contributed by atoms with van der Waals surface area (Å²) in [5, 5.41) is 15.5. The highest BCUT2D eigenvalue weighted by Gasteiger charge is 2.06. The van der Waals surface area contributed by atoms with Crippen molar-refractivity contribution < 1.29 is 0 Å². The fourth-order valence-corrected chi connectivity index (χ4v) is 2.34. The molecule has 5 heteroatoms. The van der Waals surface area contributed by atoms with Gasteiger partial charge in [-0.1, -0.05) is 12.1 Å². The van der Waals surface area contributed by atoms with Crippen molar-refractivity contribution in [3.05, 3.63) is 34.3 Å². The smallest absolute Gasteiger partial charge is 0.0738 e. The molecule has 2 aromatic heterocycles. The second-order valence-electron chi connectivity index (χ2n) is 3.94. The molecule has 1 atom stereocenters. The Hall–Kier alpha value is -1.20. The molecule has 86 valence electrons. The van der Waals surface area contributed by atoms with Crippen molar-refractivity contribution in [2.75, 3.05) is 6.54 Å². The number of nitrogens with zero attached hydrogens (tertiary/aromatic N) is 3. The number of nitrogens with one attached hydrogen (secondary N) is 1. The molecule has 0 fully saturated rings. The highest BCUT2D eigenvalue weighted by atomic mass is 32.1. The summed E-state index contributed by atoms with van der Waals surface area (Å²) in [7, 11) is 1.91. The van der Waals surface area contributed by atoms with Crippen LogP contribution in [0.15, 0.2) is 23.0 Å². The van der Waals surface area contributed by atoms with E-state index in [0.717, 1.165) is 18.8 Å². The van der Waals surface area contributed by atoms with Gasteiger partial charge in [-0.15, -0.1) is 5.10 Å². The molecule has 1 unspecified atom stereocenters. The van der Waals surface area contributed by atoms with E-state index in [1.54, 1.807) is 22.2 Å². The van der Waals surface area contributed by atoms with Crippen LogP contribution in [0.25, 0.3) is 0 Å². The maximum absolute atomic E-state index is 3.89. The molecule has 0 aliphatic heterocycles. The van der Waals surface area contributed by atoms with Crippen molar-refractivity contribution in [2.45, 2.75) is 19.4 Å². The lowest BCUT2D eigenvalue weighted by molar-refractivity contribution is 0.582. The summed E-state index contributed by atoms with van der Waals surface area (Å²) in [6, 6.07) is 2.18. The van der Waals surface area contributed by atoms with Gasteiger partial charge in [0.15, 0.2) is 0 Å². The molecular weight excluding hydrogens is 220 g/mol. The van der Waals surface area contributed by atoms with Gasteiger partial charge in [0, 0.05) is 20.1 Å². The maximum Gasteiger partial charge on any atom is 0.0738 e. The van der Waals surface area contributed by atoms with Crippen molar-refractivity contribution in [1.82, 2.24) is 20.3 Å². The fourth-order valence-electron chi connectivity index (χ4n) is 1.56. The highest BCUT2D eigenvalue weighted by Crippen LogP contribution is 2.17. The van der Waals surface area contributed by atoms with Gasteiger partial charge in [0.1, 0.15) is 0 Å². The monoisotopic (exact) mass is 236 g/mol. The number of rotatable bonds is 5. The van der Waals surface area contributed by atoms with Crippen LogP contribution in [-0.2, 0) is 13.6 Å². The predicted octanol–water partition coefficient (Wildman–Crippen LogP) is 1.77. The zero-order valence-electron chi connectivity index (χ0n) is 9.55. The van der Waals surface area contributed by atoms with Crippen LogP contribution >= 0.6 is 11.3 Å². The first-order valence-electron chi connectivity index (χ1n) is 5.33. The average Bonchev–Trinajstić information content (AvgIpc) is 2.90. The van der Waals surface area contributed by atoms with Gasteiger partial charge in [-0.2, -0.15) is 11.3 Å². The molecule has 16 heavy (non-hydrogen) atoms. The van der Waals surface area contributed by atoms with Gasteiger partial charge in [-0.25, -0.2) is 0 Å². The largest absolute Gasteiger partial charge is 0.311 e. The molecule has 0 bridgehead atoms. The third-order valence-electron chi connectivity index (χ3n) is 2.68. The highest BCUT2D eigenvalue weighted by molar-refractivity contribution is 7.07. The van der Waals surface area contributed by atoms with Crippen LogP contribution in [0.1, 0.15) is 24.1 Å². The zero-order valence-corrected chi connectivity index (χ0v) is 10.4. The minimum atomic E-state index is 0.549. The minimum absolute atomic E-state index is 0.549. The van der Waals surface area contributed by atoms with E-state index >= 15 is 0 Å². The predicted molar refractivity (Wildman–Crippen MR) is 65.4 cm³/mol. The van der Waals surface area contributed by atoms with Crippen LogP contribution < -0.4 is 5.32 Å². The Morgan fingerprint density at radius 1 is 1.56 bits per heavy atom. The first-order chi connectivity index (χ1) is 7.77. The SMILES string of the molecule is CC(CNCc1cnnn1C)c1ccsc1. The minimum Gasteiger partial charge on any atom is -0.311 e. The molecule has 0 saturated carbocycles. The molecule has 4 nitrogen and oxygen atoms in total. The average molecular weight is 236 g/mol. The second kappa shape index (κ2) is 5.23. The molecule has 2 aromatic rings. The van der Waals surface area contributed by atoms with E-state index in [-0.39, 0.29) is 0 Å². The van der Waals surface area contributed by atoms with Gasteiger partial charge < -0.3 is 5.32 Å². The third-order valence-corrected chi connectivity index (χ3v) is 3.38. The van der Waals surface area contributed by atoms with Gasteiger partial charge in [-0.3, -0.25) is 4.68 Å². The zero-order chi connectivity index (χ0) is 11.4. The summed E-state index contributed by atoms with van der Waals surface area (Å²) >= 11 is 1.75. The van der Waals surface area contributed by atoms with E-state index in [2.05, 4.69) is 39.4 Å². The Bertz CT molecular complexity index is 421. The quantitative estimate of drug-likeness (QED) is 0.860. The van der Waals surface area contributed by atoms with Crippen LogP contribution in [0.5, 0.6) is 0 Å².